The van der Waals surface area contributed by atoms with Crippen LogP contribution < -0.4 is 10.6 Å². The van der Waals surface area contributed by atoms with Crippen molar-refractivity contribution in [3.05, 3.63) is 55.9 Å². The van der Waals surface area contributed by atoms with Crippen LogP contribution in [0.3, 0.4) is 0 Å². The number of nitrogens with two attached hydrogens (primary N) is 1. The molecule has 0 saturated heterocycles. The second-order valence-corrected chi connectivity index (χ2v) is 6.88. The number of rotatable bonds is 4. The molecule has 1 aliphatic heterocycles. The molecule has 0 saturated carbocycles. The number of likely N-dealkylation sites (N-methyl/N-ethyl adjacent to an activating group) is 1. The maximum atomic E-state index is 11.9. The molecule has 1 amide bonds. The van der Waals surface area contributed by atoms with E-state index in [-0.39, 0.29) is 5.69 Å². The van der Waals surface area contributed by atoms with Crippen LogP contribution in [0.25, 0.3) is 0 Å². The van der Waals surface area contributed by atoms with E-state index >= 15 is 0 Å². The Labute approximate surface area is 142 Å². The zero-order valence-electron chi connectivity index (χ0n) is 13.1. The van der Waals surface area contributed by atoms with E-state index in [0.29, 0.717) is 16.1 Å². The number of aliphatic imine (C=N–C) groups is 1. The molecule has 0 radical (unpaired) electrons. The van der Waals surface area contributed by atoms with Gasteiger partial charge in [-0.05, 0) is 11.1 Å². The van der Waals surface area contributed by atoms with E-state index in [1.807, 2.05) is 0 Å². The van der Waals surface area contributed by atoms with Gasteiger partial charge in [0, 0.05) is 24.8 Å². The molecular formula is C16H17N4O3S+. The first-order valence-electron chi connectivity index (χ1n) is 7.50. The average molecular weight is 345 g/mol. The molecule has 3 rings (SSSR count). The third-order valence-electron chi connectivity index (χ3n) is 3.99. The van der Waals surface area contributed by atoms with Gasteiger partial charge in [-0.25, -0.2) is 4.99 Å². The monoisotopic (exact) mass is 345 g/mol. The van der Waals surface area contributed by atoms with Gasteiger partial charge < -0.3 is 10.6 Å². The van der Waals surface area contributed by atoms with Crippen molar-refractivity contribution >= 4 is 34.1 Å². The van der Waals surface area contributed by atoms with Gasteiger partial charge in [0.1, 0.15) is 11.5 Å². The summed E-state index contributed by atoms with van der Waals surface area (Å²) in [6, 6.07) is 6.20. The Morgan fingerprint density at radius 3 is 3.00 bits per heavy atom. The second-order valence-electron chi connectivity index (χ2n) is 5.79. The van der Waals surface area contributed by atoms with Gasteiger partial charge in [-0.15, -0.1) is 11.3 Å². The van der Waals surface area contributed by atoms with Crippen molar-refractivity contribution in [2.24, 2.45) is 10.7 Å². The lowest BCUT2D eigenvalue weighted by Gasteiger charge is -2.19. The van der Waals surface area contributed by atoms with Crippen molar-refractivity contribution in [3.8, 4) is 0 Å². The van der Waals surface area contributed by atoms with Gasteiger partial charge >= 0.3 is 0 Å². The summed E-state index contributed by atoms with van der Waals surface area (Å²) in [5.41, 5.74) is 7.65. The number of hydrogen-bond acceptors (Lipinski definition) is 5. The number of fused-ring (bicyclic) bond motifs is 1. The zero-order valence-corrected chi connectivity index (χ0v) is 13.9. The van der Waals surface area contributed by atoms with Crippen LogP contribution in [0.5, 0.6) is 0 Å². The molecule has 8 heteroatoms. The van der Waals surface area contributed by atoms with Crippen LogP contribution in [0.2, 0.25) is 0 Å². The fourth-order valence-electron chi connectivity index (χ4n) is 2.80. The molecule has 1 unspecified atom stereocenters. The minimum atomic E-state index is -0.474. The van der Waals surface area contributed by atoms with Crippen LogP contribution in [-0.2, 0) is 13.0 Å². The first-order valence-corrected chi connectivity index (χ1v) is 8.31. The number of nitro groups is 1. The number of primary amides is 1. The van der Waals surface area contributed by atoms with Crippen molar-refractivity contribution in [2.75, 3.05) is 13.6 Å². The Hall–Kier alpha value is -2.58. The highest BCUT2D eigenvalue weighted by molar-refractivity contribution is 7.16. The summed E-state index contributed by atoms with van der Waals surface area (Å²) in [6.45, 7) is 1.81. The Morgan fingerprint density at radius 1 is 1.50 bits per heavy atom. The van der Waals surface area contributed by atoms with E-state index in [0.717, 1.165) is 30.0 Å². The van der Waals surface area contributed by atoms with E-state index in [1.165, 1.54) is 34.6 Å². The Morgan fingerprint density at radius 2 is 2.29 bits per heavy atom. The zero-order chi connectivity index (χ0) is 17.3. The quantitative estimate of drug-likeness (QED) is 0.492. The van der Waals surface area contributed by atoms with Crippen molar-refractivity contribution in [2.45, 2.75) is 13.0 Å². The molecule has 0 aliphatic carbocycles. The Kier molecular flexibility index (Phi) is 4.41. The largest absolute Gasteiger partial charge is 0.365 e. The molecule has 3 N–H and O–H groups in total. The second kappa shape index (κ2) is 6.50. The fourth-order valence-corrected chi connectivity index (χ4v) is 4.11. The number of benzene rings is 1. The Balaban J connectivity index is 1.96. The Bertz CT molecular complexity index is 844. The molecule has 1 aliphatic rings. The van der Waals surface area contributed by atoms with E-state index in [9.17, 15) is 14.9 Å². The molecule has 1 aromatic heterocycles. The number of amides is 1. The van der Waals surface area contributed by atoms with Crippen LogP contribution in [0.4, 0.5) is 10.7 Å². The van der Waals surface area contributed by atoms with Gasteiger partial charge in [0.25, 0.3) is 11.6 Å². The third kappa shape index (κ3) is 3.19. The summed E-state index contributed by atoms with van der Waals surface area (Å²) in [4.78, 5) is 29.1. The molecule has 7 nitrogen and oxygen atoms in total. The standard InChI is InChI=1S/C16H16N4O3S/c1-19-6-5-12-13(9-19)24-16(14(12)15(17)21)18-8-10-3-2-4-11(7-10)20(22)23/h2-4,7-8H,5-6,9H2,1H3,(H2,17,21)/p+1. The lowest BCUT2D eigenvalue weighted by atomic mass is 10.0. The smallest absolute Gasteiger partial charge is 0.270 e. The molecule has 1 aromatic carbocycles. The van der Waals surface area contributed by atoms with Gasteiger partial charge in [-0.2, -0.15) is 0 Å². The van der Waals surface area contributed by atoms with Gasteiger partial charge in [0.2, 0.25) is 0 Å². The van der Waals surface area contributed by atoms with Gasteiger partial charge in [-0.3, -0.25) is 14.9 Å². The number of nitro benzene ring substituents is 1. The molecule has 0 bridgehead atoms. The molecule has 2 heterocycles. The summed E-state index contributed by atoms with van der Waals surface area (Å²) < 4.78 is 0. The van der Waals surface area contributed by atoms with Crippen molar-refractivity contribution in [3.63, 3.8) is 0 Å². The third-order valence-corrected chi connectivity index (χ3v) is 5.13. The number of nitrogens with zero attached hydrogens (tertiary/aromatic N) is 2. The predicted molar refractivity (Wildman–Crippen MR) is 92.3 cm³/mol. The minimum absolute atomic E-state index is 0.00442. The molecule has 2 aromatic rings. The summed E-state index contributed by atoms with van der Waals surface area (Å²) in [5, 5.41) is 11.4. The van der Waals surface area contributed by atoms with Gasteiger partial charge in [0.05, 0.1) is 29.0 Å². The summed E-state index contributed by atoms with van der Waals surface area (Å²) in [7, 11) is 2.11. The normalized spacial score (nSPS) is 17.0. The summed E-state index contributed by atoms with van der Waals surface area (Å²) >= 11 is 1.47. The van der Waals surface area contributed by atoms with E-state index in [2.05, 4.69) is 12.0 Å². The topological polar surface area (TPSA) is 103 Å². The average Bonchev–Trinajstić information content (AvgIpc) is 2.90. The fraction of sp³-hybridized carbons (Fsp3) is 0.250. The molecule has 0 spiro atoms. The number of non-ortho nitro benzene ring substituents is 1. The number of carbonyl (C=O) groups excluding carboxylic acids is 1. The van der Waals surface area contributed by atoms with Crippen LogP contribution in [0.1, 0.15) is 26.4 Å². The van der Waals surface area contributed by atoms with Crippen LogP contribution in [0.15, 0.2) is 29.3 Å². The molecular weight excluding hydrogens is 328 g/mol. The number of carbonyl (C=O) groups is 1. The van der Waals surface area contributed by atoms with Gasteiger partial charge in [-0.1, -0.05) is 12.1 Å². The predicted octanol–water partition coefficient (Wildman–Crippen LogP) is 1.08. The molecule has 24 heavy (non-hydrogen) atoms. The number of nitrogens with one attached hydrogen (secondary N) is 1. The minimum Gasteiger partial charge on any atom is -0.365 e. The SMILES string of the molecule is C[NH+]1CCc2c(sc(N=Cc3cccc([N+](=O)[O-])c3)c2C(N)=O)C1. The number of thiophene rings is 1. The summed E-state index contributed by atoms with van der Waals surface area (Å²) in [6.07, 6.45) is 2.34. The highest BCUT2D eigenvalue weighted by Gasteiger charge is 2.27. The summed E-state index contributed by atoms with van der Waals surface area (Å²) in [5.74, 6) is -0.474. The highest BCUT2D eigenvalue weighted by atomic mass is 32.1. The first kappa shape index (κ1) is 16.3. The van der Waals surface area contributed by atoms with E-state index in [4.69, 9.17) is 5.73 Å². The van der Waals surface area contributed by atoms with E-state index < -0.39 is 10.8 Å². The number of hydrogen-bond donors (Lipinski definition) is 2. The van der Waals surface area contributed by atoms with E-state index in [1.54, 1.807) is 12.1 Å². The molecule has 0 fully saturated rings. The van der Waals surface area contributed by atoms with Crippen molar-refractivity contribution in [1.29, 1.82) is 0 Å². The number of quaternary nitrogens is 1. The van der Waals surface area contributed by atoms with Gasteiger partial charge in [0.15, 0.2) is 0 Å². The highest BCUT2D eigenvalue weighted by Crippen LogP contribution is 2.36. The first-order chi connectivity index (χ1) is 11.5. The van der Waals surface area contributed by atoms with Crippen molar-refractivity contribution < 1.29 is 14.6 Å². The van der Waals surface area contributed by atoms with Crippen LogP contribution >= 0.6 is 11.3 Å². The van der Waals surface area contributed by atoms with Crippen molar-refractivity contribution in [1.82, 2.24) is 0 Å². The molecule has 124 valence electrons. The molecule has 1 atom stereocenters. The maximum absolute atomic E-state index is 11.9. The lowest BCUT2D eigenvalue weighted by molar-refractivity contribution is -0.895. The van der Waals surface area contributed by atoms with Crippen LogP contribution in [0, 0.1) is 10.1 Å². The maximum Gasteiger partial charge on any atom is 0.270 e. The van der Waals surface area contributed by atoms with Crippen LogP contribution in [-0.4, -0.2) is 30.6 Å². The lowest BCUT2D eigenvalue weighted by Crippen LogP contribution is -3.08.